The van der Waals surface area contributed by atoms with Crippen molar-refractivity contribution in [2.75, 3.05) is 11.9 Å². The van der Waals surface area contributed by atoms with Crippen molar-refractivity contribution in [3.8, 4) is 0 Å². The lowest BCUT2D eigenvalue weighted by atomic mass is 10.3. The number of nitrogens with zero attached hydrogens (tertiary/aromatic N) is 1. The first kappa shape index (κ1) is 14.7. The summed E-state index contributed by atoms with van der Waals surface area (Å²) in [5.74, 6) is 0.907. The van der Waals surface area contributed by atoms with E-state index in [4.69, 9.17) is 23.2 Å². The molecule has 3 N–H and O–H groups in total. The summed E-state index contributed by atoms with van der Waals surface area (Å²) in [6, 6.07) is 4.59. The van der Waals surface area contributed by atoms with Crippen molar-refractivity contribution < 1.29 is 4.79 Å². The molecule has 5 nitrogen and oxygen atoms in total. The zero-order chi connectivity index (χ0) is 14.4. The molecule has 2 rings (SSSR count). The number of aromatic amines is 1. The Kier molecular flexibility index (Phi) is 5.26. The number of carbonyl (C=O) groups excluding carboxylic acids is 1. The molecule has 0 radical (unpaired) electrons. The second kappa shape index (κ2) is 7.17. The SMILES string of the molecule is O=C(NCCCc1ncc[nH]1)Nc1cc(Cl)ccc1Cl. The molecule has 2 aromatic rings. The first-order valence-electron chi connectivity index (χ1n) is 6.13. The van der Waals surface area contributed by atoms with E-state index < -0.39 is 0 Å². The molecule has 0 unspecified atom stereocenters. The monoisotopic (exact) mass is 312 g/mol. The Bertz CT molecular complexity index is 572. The fourth-order valence-electron chi connectivity index (χ4n) is 1.65. The van der Waals surface area contributed by atoms with Gasteiger partial charge in [0.2, 0.25) is 0 Å². The summed E-state index contributed by atoms with van der Waals surface area (Å²) in [5.41, 5.74) is 0.489. The van der Waals surface area contributed by atoms with Gasteiger partial charge in [0.1, 0.15) is 5.82 Å². The van der Waals surface area contributed by atoms with Gasteiger partial charge in [-0.25, -0.2) is 9.78 Å². The van der Waals surface area contributed by atoms with Crippen LogP contribution in [0.3, 0.4) is 0 Å². The molecule has 1 heterocycles. The third-order valence-corrected chi connectivity index (χ3v) is 3.17. The Morgan fingerprint density at radius 2 is 2.20 bits per heavy atom. The smallest absolute Gasteiger partial charge is 0.319 e. The highest BCUT2D eigenvalue weighted by atomic mass is 35.5. The number of hydrogen-bond acceptors (Lipinski definition) is 2. The van der Waals surface area contributed by atoms with Crippen LogP contribution in [0, 0.1) is 0 Å². The molecule has 1 aromatic heterocycles. The lowest BCUT2D eigenvalue weighted by Gasteiger charge is -2.09. The Balaban J connectivity index is 1.73. The highest BCUT2D eigenvalue weighted by Crippen LogP contribution is 2.25. The van der Waals surface area contributed by atoms with Crippen molar-refractivity contribution in [3.05, 3.63) is 46.5 Å². The van der Waals surface area contributed by atoms with Gasteiger partial charge in [-0.2, -0.15) is 0 Å². The topological polar surface area (TPSA) is 69.8 Å². The van der Waals surface area contributed by atoms with Gasteiger partial charge in [-0.15, -0.1) is 0 Å². The van der Waals surface area contributed by atoms with E-state index in [1.807, 2.05) is 0 Å². The van der Waals surface area contributed by atoms with Gasteiger partial charge in [0.05, 0.1) is 10.7 Å². The van der Waals surface area contributed by atoms with Gasteiger partial charge in [-0.3, -0.25) is 0 Å². The maximum Gasteiger partial charge on any atom is 0.319 e. The number of carbonyl (C=O) groups is 1. The Labute approximate surface area is 126 Å². The second-order valence-corrected chi connectivity index (χ2v) is 4.99. The molecular weight excluding hydrogens is 299 g/mol. The average molecular weight is 313 g/mol. The first-order valence-corrected chi connectivity index (χ1v) is 6.89. The van der Waals surface area contributed by atoms with Crippen LogP contribution in [0.5, 0.6) is 0 Å². The van der Waals surface area contributed by atoms with Gasteiger partial charge in [-0.05, 0) is 24.6 Å². The first-order chi connectivity index (χ1) is 9.65. The Morgan fingerprint density at radius 1 is 1.35 bits per heavy atom. The van der Waals surface area contributed by atoms with Crippen molar-refractivity contribution in [3.63, 3.8) is 0 Å². The number of anilines is 1. The number of imidazole rings is 1. The van der Waals surface area contributed by atoms with Crippen LogP contribution in [-0.4, -0.2) is 22.5 Å². The molecule has 2 amide bonds. The number of benzene rings is 1. The van der Waals surface area contributed by atoms with E-state index in [0.717, 1.165) is 18.7 Å². The van der Waals surface area contributed by atoms with Crippen LogP contribution in [0.25, 0.3) is 0 Å². The number of halogens is 2. The number of urea groups is 1. The van der Waals surface area contributed by atoms with Crippen LogP contribution in [0.15, 0.2) is 30.6 Å². The molecule has 106 valence electrons. The van der Waals surface area contributed by atoms with E-state index in [2.05, 4.69) is 20.6 Å². The van der Waals surface area contributed by atoms with Crippen LogP contribution >= 0.6 is 23.2 Å². The number of H-pyrrole nitrogens is 1. The number of nitrogens with one attached hydrogen (secondary N) is 3. The molecule has 20 heavy (non-hydrogen) atoms. The van der Waals surface area contributed by atoms with Crippen LogP contribution in [-0.2, 0) is 6.42 Å². The lowest BCUT2D eigenvalue weighted by molar-refractivity contribution is 0.252. The second-order valence-electron chi connectivity index (χ2n) is 4.14. The Morgan fingerprint density at radius 3 is 2.95 bits per heavy atom. The molecule has 0 aliphatic rings. The maximum atomic E-state index is 11.7. The predicted octanol–water partition coefficient (Wildman–Crippen LogP) is 3.47. The summed E-state index contributed by atoms with van der Waals surface area (Å²) in [4.78, 5) is 18.8. The normalized spacial score (nSPS) is 10.3. The molecular formula is C13H14Cl2N4O. The van der Waals surface area contributed by atoms with Gasteiger partial charge in [0.25, 0.3) is 0 Å². The number of aromatic nitrogens is 2. The minimum Gasteiger partial charge on any atom is -0.349 e. The molecule has 0 aliphatic carbocycles. The van der Waals surface area contributed by atoms with Crippen LogP contribution < -0.4 is 10.6 Å². The molecule has 7 heteroatoms. The number of amides is 2. The van der Waals surface area contributed by atoms with Crippen molar-refractivity contribution in [1.29, 1.82) is 0 Å². The molecule has 0 saturated carbocycles. The maximum absolute atomic E-state index is 11.7. The minimum absolute atomic E-state index is 0.311. The number of aryl methyl sites for hydroxylation is 1. The van der Waals surface area contributed by atoms with Gasteiger partial charge in [0.15, 0.2) is 0 Å². The van der Waals surface area contributed by atoms with Crippen molar-refractivity contribution in [1.82, 2.24) is 15.3 Å². The molecule has 0 saturated heterocycles. The summed E-state index contributed by atoms with van der Waals surface area (Å²) >= 11 is 11.8. The standard InChI is InChI=1S/C13H14Cl2N4O/c14-9-3-4-10(15)11(8-9)19-13(20)18-5-1-2-12-16-6-7-17-12/h3-4,6-8H,1-2,5H2,(H,16,17)(H2,18,19,20). The molecule has 1 aromatic carbocycles. The molecule has 0 atom stereocenters. The highest BCUT2D eigenvalue weighted by Gasteiger charge is 2.06. The van der Waals surface area contributed by atoms with E-state index >= 15 is 0 Å². The van der Waals surface area contributed by atoms with E-state index in [1.54, 1.807) is 30.6 Å². The molecule has 0 spiro atoms. The van der Waals surface area contributed by atoms with E-state index in [1.165, 1.54) is 0 Å². The average Bonchev–Trinajstić information content (AvgIpc) is 2.92. The van der Waals surface area contributed by atoms with Crippen molar-refractivity contribution >= 4 is 34.9 Å². The van der Waals surface area contributed by atoms with E-state index in [0.29, 0.717) is 22.3 Å². The summed E-state index contributed by atoms with van der Waals surface area (Å²) in [5, 5.41) is 6.36. The fraction of sp³-hybridized carbons (Fsp3) is 0.231. The molecule has 0 fully saturated rings. The summed E-state index contributed by atoms with van der Waals surface area (Å²) < 4.78 is 0. The third-order valence-electron chi connectivity index (χ3n) is 2.61. The predicted molar refractivity (Wildman–Crippen MR) is 80.4 cm³/mol. The molecule has 0 aliphatic heterocycles. The fourth-order valence-corrected chi connectivity index (χ4v) is 1.99. The van der Waals surface area contributed by atoms with E-state index in [-0.39, 0.29) is 6.03 Å². The third kappa shape index (κ3) is 4.43. The number of rotatable bonds is 5. The zero-order valence-electron chi connectivity index (χ0n) is 10.6. The Hall–Kier alpha value is -1.72. The minimum atomic E-state index is -0.311. The van der Waals surface area contributed by atoms with Crippen molar-refractivity contribution in [2.24, 2.45) is 0 Å². The molecule has 0 bridgehead atoms. The van der Waals surface area contributed by atoms with Gasteiger partial charge >= 0.3 is 6.03 Å². The summed E-state index contributed by atoms with van der Waals surface area (Å²) in [6.07, 6.45) is 5.06. The van der Waals surface area contributed by atoms with Gasteiger partial charge in [0, 0.05) is 30.4 Å². The summed E-state index contributed by atoms with van der Waals surface area (Å²) in [6.45, 7) is 0.546. The number of hydrogen-bond donors (Lipinski definition) is 3. The van der Waals surface area contributed by atoms with Crippen LogP contribution in [0.1, 0.15) is 12.2 Å². The largest absolute Gasteiger partial charge is 0.349 e. The van der Waals surface area contributed by atoms with Crippen molar-refractivity contribution in [2.45, 2.75) is 12.8 Å². The van der Waals surface area contributed by atoms with Gasteiger partial charge < -0.3 is 15.6 Å². The lowest BCUT2D eigenvalue weighted by Crippen LogP contribution is -2.29. The van der Waals surface area contributed by atoms with Crippen LogP contribution in [0.4, 0.5) is 10.5 Å². The summed E-state index contributed by atoms with van der Waals surface area (Å²) in [7, 11) is 0. The quantitative estimate of drug-likeness (QED) is 0.740. The van der Waals surface area contributed by atoms with Gasteiger partial charge in [-0.1, -0.05) is 23.2 Å². The highest BCUT2D eigenvalue weighted by molar-refractivity contribution is 6.35. The zero-order valence-corrected chi connectivity index (χ0v) is 12.1. The van der Waals surface area contributed by atoms with Crippen LogP contribution in [0.2, 0.25) is 10.0 Å². The van der Waals surface area contributed by atoms with E-state index in [9.17, 15) is 4.79 Å².